The summed E-state index contributed by atoms with van der Waals surface area (Å²) in [6.45, 7) is 7.65. The van der Waals surface area contributed by atoms with Gasteiger partial charge in [0.05, 0.1) is 17.8 Å². The molecule has 130 valence electrons. The highest BCUT2D eigenvalue weighted by atomic mass is 16.3. The van der Waals surface area contributed by atoms with Gasteiger partial charge < -0.3 is 15.3 Å². The van der Waals surface area contributed by atoms with Crippen LogP contribution in [-0.2, 0) is 0 Å². The molecule has 24 heavy (non-hydrogen) atoms. The lowest BCUT2D eigenvalue weighted by Crippen LogP contribution is -2.74. The predicted octanol–water partition coefficient (Wildman–Crippen LogP) is 0.908. The van der Waals surface area contributed by atoms with E-state index in [0.29, 0.717) is 23.9 Å². The maximum atomic E-state index is 12.3. The van der Waals surface area contributed by atoms with Crippen LogP contribution in [0.2, 0.25) is 0 Å². The molecule has 3 N–H and O–H groups in total. The van der Waals surface area contributed by atoms with Crippen molar-refractivity contribution < 1.29 is 15.3 Å². The van der Waals surface area contributed by atoms with Gasteiger partial charge in [-0.15, -0.1) is 0 Å². The average molecular weight is 329 g/mol. The lowest BCUT2D eigenvalue weighted by atomic mass is 9.38. The molecule has 0 aromatic rings. The van der Waals surface area contributed by atoms with E-state index in [0.717, 1.165) is 44.2 Å². The molecule has 4 nitrogen and oxygen atoms in total. The second-order valence-electron chi connectivity index (χ2n) is 10.7. The van der Waals surface area contributed by atoms with Crippen LogP contribution in [0.15, 0.2) is 12.2 Å². The second-order valence-corrected chi connectivity index (χ2v) is 10.7. The molecule has 6 aliphatic carbocycles. The van der Waals surface area contributed by atoms with E-state index >= 15 is 0 Å². The Labute approximate surface area is 142 Å². The summed E-state index contributed by atoms with van der Waals surface area (Å²) in [5, 5.41) is 34.3. The van der Waals surface area contributed by atoms with Crippen LogP contribution in [0.4, 0.5) is 0 Å². The van der Waals surface area contributed by atoms with Crippen LogP contribution in [0.3, 0.4) is 0 Å². The van der Waals surface area contributed by atoms with Crippen molar-refractivity contribution in [2.45, 2.75) is 68.9 Å². The van der Waals surface area contributed by atoms with Crippen molar-refractivity contribution in [3.05, 3.63) is 12.2 Å². The normalized spacial score (nSPS) is 76.1. The summed E-state index contributed by atoms with van der Waals surface area (Å²) < 4.78 is 0. The van der Waals surface area contributed by atoms with Crippen LogP contribution in [-0.4, -0.2) is 56.7 Å². The summed E-state index contributed by atoms with van der Waals surface area (Å²) in [4.78, 5) is 2.72. The first-order valence-electron chi connectivity index (χ1n) is 9.83. The topological polar surface area (TPSA) is 63.9 Å². The van der Waals surface area contributed by atoms with E-state index in [-0.39, 0.29) is 28.3 Å². The van der Waals surface area contributed by atoms with E-state index in [2.05, 4.69) is 18.4 Å². The van der Waals surface area contributed by atoms with Crippen LogP contribution in [0.5, 0.6) is 0 Å². The standard InChI is InChI=1S/C20H27NO3/c1-9-10-3-12-15-19-6-11(22)5-17(2)8-21(15)13(14(17)19)7-18(12,16(9)23)20(19,24)4-10/h10-16,22-24H,1,3-8H2,2H3/t10-,11-,12+,13-,14+,15+,16+,17+,18-,19+,20-/m0/s1. The van der Waals surface area contributed by atoms with Crippen molar-refractivity contribution in [3.63, 3.8) is 0 Å². The molecule has 0 radical (unpaired) electrons. The highest BCUT2D eigenvalue weighted by molar-refractivity contribution is 5.47. The number of piperidine rings is 2. The summed E-state index contributed by atoms with van der Waals surface area (Å²) in [7, 11) is 0. The molecule has 0 aromatic carbocycles. The van der Waals surface area contributed by atoms with E-state index in [1.54, 1.807) is 0 Å². The molecule has 3 aliphatic heterocycles. The lowest BCUT2D eigenvalue weighted by Gasteiger charge is -2.68. The van der Waals surface area contributed by atoms with Gasteiger partial charge in [-0.25, -0.2) is 0 Å². The van der Waals surface area contributed by atoms with Crippen molar-refractivity contribution in [2.24, 2.45) is 34.0 Å². The van der Waals surface area contributed by atoms with Gasteiger partial charge in [0.2, 0.25) is 0 Å². The van der Waals surface area contributed by atoms with Crippen LogP contribution >= 0.6 is 0 Å². The number of aliphatic hydroxyl groups excluding tert-OH is 2. The molecule has 3 heterocycles. The molecule has 2 spiro atoms. The molecule has 6 saturated carbocycles. The molecular formula is C20H27NO3. The Balaban J connectivity index is 1.56. The third-order valence-electron chi connectivity index (χ3n) is 10.4. The molecule has 3 saturated heterocycles. The van der Waals surface area contributed by atoms with Crippen molar-refractivity contribution >= 4 is 0 Å². The Morgan fingerprint density at radius 3 is 2.71 bits per heavy atom. The largest absolute Gasteiger partial charge is 0.393 e. The molecule has 4 heteroatoms. The van der Waals surface area contributed by atoms with E-state index in [4.69, 9.17) is 0 Å². The SMILES string of the molecule is C=C1[C@H]2C[C@@H]3[C@H]4N5C[C@@]6(C)C[C@H](O)C[C@@]47[C@@H]6[C@@H]5C[C@]3([C@@H]1O)[C@@]7(O)C2. The van der Waals surface area contributed by atoms with Crippen LogP contribution in [0.1, 0.15) is 39.0 Å². The van der Waals surface area contributed by atoms with Gasteiger partial charge in [-0.1, -0.05) is 13.5 Å². The minimum absolute atomic E-state index is 0.134. The third kappa shape index (κ3) is 0.903. The van der Waals surface area contributed by atoms with Gasteiger partial charge >= 0.3 is 0 Å². The van der Waals surface area contributed by atoms with Crippen LogP contribution < -0.4 is 0 Å². The van der Waals surface area contributed by atoms with Crippen molar-refractivity contribution in [1.82, 2.24) is 4.90 Å². The first-order valence-corrected chi connectivity index (χ1v) is 9.83. The summed E-state index contributed by atoms with van der Waals surface area (Å²) in [5.74, 6) is 1.15. The molecule has 1 unspecified atom stereocenters. The molecule has 0 aromatic heterocycles. The Hall–Kier alpha value is -0.420. The number of hydrogen-bond donors (Lipinski definition) is 3. The summed E-state index contributed by atoms with van der Waals surface area (Å²) >= 11 is 0. The lowest BCUT2D eigenvalue weighted by molar-refractivity contribution is -0.276. The Morgan fingerprint density at radius 1 is 1.12 bits per heavy atom. The van der Waals surface area contributed by atoms with Crippen molar-refractivity contribution in [1.29, 1.82) is 0 Å². The van der Waals surface area contributed by atoms with E-state index in [1.165, 1.54) is 0 Å². The molecular weight excluding hydrogens is 302 g/mol. The smallest absolute Gasteiger partial charge is 0.0838 e. The second kappa shape index (κ2) is 3.28. The van der Waals surface area contributed by atoms with Gasteiger partial charge in [0.25, 0.3) is 0 Å². The fourth-order valence-corrected chi connectivity index (χ4v) is 10.5. The molecule has 9 fully saturated rings. The van der Waals surface area contributed by atoms with E-state index in [9.17, 15) is 15.3 Å². The number of hydrogen-bond acceptors (Lipinski definition) is 4. The van der Waals surface area contributed by atoms with Crippen LogP contribution in [0, 0.1) is 34.0 Å². The first-order chi connectivity index (χ1) is 11.3. The zero-order valence-corrected chi connectivity index (χ0v) is 14.3. The summed E-state index contributed by atoms with van der Waals surface area (Å²) in [6, 6.07) is 0.878. The van der Waals surface area contributed by atoms with Crippen molar-refractivity contribution in [3.8, 4) is 0 Å². The maximum absolute atomic E-state index is 12.3. The average Bonchev–Trinajstić information content (AvgIpc) is 2.89. The van der Waals surface area contributed by atoms with Gasteiger partial charge in [-0.05, 0) is 60.8 Å². The maximum Gasteiger partial charge on any atom is 0.0838 e. The molecule has 9 rings (SSSR count). The number of aliphatic hydroxyl groups is 3. The first kappa shape index (κ1) is 13.7. The zero-order valence-electron chi connectivity index (χ0n) is 14.3. The Morgan fingerprint density at radius 2 is 1.92 bits per heavy atom. The zero-order chi connectivity index (χ0) is 16.4. The van der Waals surface area contributed by atoms with Gasteiger partial charge in [0, 0.05) is 29.5 Å². The van der Waals surface area contributed by atoms with Gasteiger partial charge in [-0.2, -0.15) is 0 Å². The number of nitrogens with zero attached hydrogens (tertiary/aromatic N) is 1. The third-order valence-corrected chi connectivity index (χ3v) is 10.4. The number of fused-ring (bicyclic) bond motifs is 1. The molecule has 9 bridgehead atoms. The minimum Gasteiger partial charge on any atom is -0.393 e. The highest BCUT2D eigenvalue weighted by Gasteiger charge is 2.93. The molecule has 0 amide bonds. The fraction of sp³-hybridized carbons (Fsp3) is 0.900. The fourth-order valence-electron chi connectivity index (χ4n) is 10.5. The number of rotatable bonds is 0. The van der Waals surface area contributed by atoms with Gasteiger partial charge in [0.15, 0.2) is 0 Å². The minimum atomic E-state index is -0.808. The molecule has 12 atom stereocenters. The van der Waals surface area contributed by atoms with Gasteiger partial charge in [0.1, 0.15) is 0 Å². The Bertz CT molecular complexity index is 724. The van der Waals surface area contributed by atoms with Crippen molar-refractivity contribution in [2.75, 3.05) is 6.54 Å². The quantitative estimate of drug-likeness (QED) is 0.578. The summed E-state index contributed by atoms with van der Waals surface area (Å²) in [6.07, 6.45) is 3.58. The van der Waals surface area contributed by atoms with Gasteiger partial charge in [-0.3, -0.25) is 4.90 Å². The monoisotopic (exact) mass is 329 g/mol. The predicted molar refractivity (Wildman–Crippen MR) is 86.9 cm³/mol. The summed E-state index contributed by atoms with van der Waals surface area (Å²) in [5.41, 5.74) is -0.270. The molecule has 9 aliphatic rings. The van der Waals surface area contributed by atoms with Crippen LogP contribution in [0.25, 0.3) is 0 Å². The van der Waals surface area contributed by atoms with E-state index < -0.39 is 11.7 Å². The Kier molecular flexibility index (Phi) is 1.88. The highest BCUT2D eigenvalue weighted by Crippen LogP contribution is 2.88. The van der Waals surface area contributed by atoms with E-state index in [1.807, 2.05) is 0 Å².